The smallest absolute Gasteiger partial charge is 0.177 e. The van der Waals surface area contributed by atoms with Crippen LogP contribution >= 0.6 is 23.8 Å². The summed E-state index contributed by atoms with van der Waals surface area (Å²) in [5.41, 5.74) is 3.37. The van der Waals surface area contributed by atoms with Gasteiger partial charge < -0.3 is 10.6 Å². The quantitative estimate of drug-likeness (QED) is 0.419. The van der Waals surface area contributed by atoms with Crippen molar-refractivity contribution in [3.05, 3.63) is 94.8 Å². The maximum absolute atomic E-state index is 5.93. The van der Waals surface area contributed by atoms with Gasteiger partial charge in [-0.05, 0) is 42.4 Å². The van der Waals surface area contributed by atoms with Crippen LogP contribution in [0.25, 0.3) is 0 Å². The Morgan fingerprint density at radius 2 is 1.60 bits per heavy atom. The van der Waals surface area contributed by atoms with Gasteiger partial charge >= 0.3 is 0 Å². The maximum atomic E-state index is 5.93. The minimum atomic E-state index is 0.441. The molecular weight excluding hydrogens is 416 g/mol. The SMILES string of the molecule is Cc1cc(NC(=S)Nc2ccn(Cc3ccc(Cl)cc3)n2)nn1Cc1ccccc1. The highest BCUT2D eigenvalue weighted by Gasteiger charge is 2.08. The van der Waals surface area contributed by atoms with Gasteiger partial charge in [0.1, 0.15) is 0 Å². The predicted molar refractivity (Wildman–Crippen MR) is 125 cm³/mol. The van der Waals surface area contributed by atoms with E-state index in [0.29, 0.717) is 29.8 Å². The van der Waals surface area contributed by atoms with Crippen molar-refractivity contribution in [2.75, 3.05) is 10.6 Å². The summed E-state index contributed by atoms with van der Waals surface area (Å²) < 4.78 is 3.79. The first-order chi connectivity index (χ1) is 14.5. The minimum Gasteiger partial charge on any atom is -0.316 e. The number of benzene rings is 2. The lowest BCUT2D eigenvalue weighted by Gasteiger charge is -2.07. The highest BCUT2D eigenvalue weighted by molar-refractivity contribution is 7.80. The molecule has 6 nitrogen and oxygen atoms in total. The lowest BCUT2D eigenvalue weighted by Crippen LogP contribution is -2.20. The van der Waals surface area contributed by atoms with Crippen LogP contribution in [-0.4, -0.2) is 24.7 Å². The molecule has 0 fully saturated rings. The zero-order valence-electron chi connectivity index (χ0n) is 16.4. The van der Waals surface area contributed by atoms with Crippen LogP contribution in [0.15, 0.2) is 72.9 Å². The number of aromatic nitrogens is 4. The molecule has 152 valence electrons. The second-order valence-corrected chi connectivity index (χ2v) is 7.76. The van der Waals surface area contributed by atoms with Gasteiger partial charge in [0.15, 0.2) is 16.7 Å². The number of hydrogen-bond acceptors (Lipinski definition) is 3. The zero-order chi connectivity index (χ0) is 20.9. The maximum Gasteiger partial charge on any atom is 0.177 e. The lowest BCUT2D eigenvalue weighted by atomic mass is 10.2. The molecule has 4 rings (SSSR count). The van der Waals surface area contributed by atoms with E-state index in [9.17, 15) is 0 Å². The monoisotopic (exact) mass is 436 g/mol. The van der Waals surface area contributed by atoms with Crippen LogP contribution in [0.1, 0.15) is 16.8 Å². The molecule has 0 aliphatic carbocycles. The van der Waals surface area contributed by atoms with E-state index in [1.807, 2.05) is 77.1 Å². The highest BCUT2D eigenvalue weighted by atomic mass is 35.5. The van der Waals surface area contributed by atoms with Crippen molar-refractivity contribution in [2.45, 2.75) is 20.0 Å². The van der Waals surface area contributed by atoms with Crippen LogP contribution in [0, 0.1) is 6.92 Å². The third-order valence-electron chi connectivity index (χ3n) is 4.54. The molecule has 0 unspecified atom stereocenters. The predicted octanol–water partition coefficient (Wildman–Crippen LogP) is 4.95. The number of aryl methyl sites for hydroxylation is 1. The van der Waals surface area contributed by atoms with Gasteiger partial charge in [-0.2, -0.15) is 10.2 Å². The molecule has 2 heterocycles. The molecule has 30 heavy (non-hydrogen) atoms. The third-order valence-corrected chi connectivity index (χ3v) is 4.99. The summed E-state index contributed by atoms with van der Waals surface area (Å²) in [4.78, 5) is 0. The van der Waals surface area contributed by atoms with Crippen molar-refractivity contribution in [1.29, 1.82) is 0 Å². The van der Waals surface area contributed by atoms with Crippen LogP contribution in [0.4, 0.5) is 11.6 Å². The first-order valence-electron chi connectivity index (χ1n) is 9.49. The summed E-state index contributed by atoms with van der Waals surface area (Å²) in [6, 6.07) is 21.8. The number of thiocarbonyl (C=S) groups is 1. The molecule has 0 amide bonds. The van der Waals surface area contributed by atoms with Crippen molar-refractivity contribution in [1.82, 2.24) is 19.6 Å². The van der Waals surface area contributed by atoms with Crippen LogP contribution < -0.4 is 10.6 Å². The van der Waals surface area contributed by atoms with Crippen molar-refractivity contribution in [3.63, 3.8) is 0 Å². The average molecular weight is 437 g/mol. The molecule has 0 saturated heterocycles. The van der Waals surface area contributed by atoms with Crippen LogP contribution in [0.5, 0.6) is 0 Å². The summed E-state index contributed by atoms with van der Waals surface area (Å²) in [5.74, 6) is 1.36. The first kappa shape index (κ1) is 20.1. The Morgan fingerprint density at radius 1 is 0.900 bits per heavy atom. The van der Waals surface area contributed by atoms with Crippen molar-refractivity contribution < 1.29 is 0 Å². The van der Waals surface area contributed by atoms with Gasteiger partial charge in [0.05, 0.1) is 13.1 Å². The number of anilines is 2. The standard InChI is InChI=1S/C22H21ClN6S/c1-16-13-21(27-29(16)15-17-5-3-2-4-6-17)25-22(30)24-20-11-12-28(26-20)14-18-7-9-19(23)10-8-18/h2-13H,14-15H2,1H3,(H2,24,25,26,27,30). The number of halogens is 1. The average Bonchev–Trinajstić information content (AvgIpc) is 3.30. The van der Waals surface area contributed by atoms with Crippen molar-refractivity contribution in [2.24, 2.45) is 0 Å². The fourth-order valence-corrected chi connectivity index (χ4v) is 3.38. The Bertz CT molecular complexity index is 1130. The Labute approximate surface area is 185 Å². The zero-order valence-corrected chi connectivity index (χ0v) is 18.0. The molecule has 0 spiro atoms. The molecule has 2 aromatic carbocycles. The van der Waals surface area contributed by atoms with E-state index in [1.54, 1.807) is 0 Å². The molecule has 4 aromatic rings. The van der Waals surface area contributed by atoms with E-state index in [-0.39, 0.29) is 0 Å². The Balaban J connectivity index is 1.34. The van der Waals surface area contributed by atoms with E-state index in [2.05, 4.69) is 33.0 Å². The van der Waals surface area contributed by atoms with Crippen molar-refractivity contribution in [3.8, 4) is 0 Å². The van der Waals surface area contributed by atoms with E-state index in [1.165, 1.54) is 5.56 Å². The lowest BCUT2D eigenvalue weighted by molar-refractivity contribution is 0.668. The van der Waals surface area contributed by atoms with E-state index >= 15 is 0 Å². The number of rotatable bonds is 6. The molecule has 0 aliphatic rings. The first-order valence-corrected chi connectivity index (χ1v) is 10.3. The number of nitrogens with zero attached hydrogens (tertiary/aromatic N) is 4. The van der Waals surface area contributed by atoms with Gasteiger partial charge in [-0.1, -0.05) is 54.1 Å². The molecule has 0 atom stereocenters. The van der Waals surface area contributed by atoms with E-state index in [4.69, 9.17) is 23.8 Å². The van der Waals surface area contributed by atoms with Gasteiger partial charge in [0.25, 0.3) is 0 Å². The minimum absolute atomic E-state index is 0.441. The van der Waals surface area contributed by atoms with Crippen LogP contribution in [0.3, 0.4) is 0 Å². The normalized spacial score (nSPS) is 10.7. The molecule has 8 heteroatoms. The summed E-state index contributed by atoms with van der Waals surface area (Å²) in [7, 11) is 0. The summed E-state index contributed by atoms with van der Waals surface area (Å²) in [6.45, 7) is 3.39. The van der Waals surface area contributed by atoms with Gasteiger partial charge in [-0.15, -0.1) is 0 Å². The van der Waals surface area contributed by atoms with Gasteiger partial charge in [-0.25, -0.2) is 0 Å². The molecular formula is C22H21ClN6S. The molecule has 2 N–H and O–H groups in total. The largest absolute Gasteiger partial charge is 0.316 e. The van der Waals surface area contributed by atoms with Gasteiger partial charge in [0, 0.05) is 29.0 Å². The second kappa shape index (κ2) is 9.11. The van der Waals surface area contributed by atoms with E-state index < -0.39 is 0 Å². The second-order valence-electron chi connectivity index (χ2n) is 6.92. The Kier molecular flexibility index (Phi) is 6.11. The fourth-order valence-electron chi connectivity index (χ4n) is 3.04. The van der Waals surface area contributed by atoms with E-state index in [0.717, 1.165) is 16.3 Å². The molecule has 0 saturated carbocycles. The molecule has 0 aliphatic heterocycles. The molecule has 2 aromatic heterocycles. The Hall–Kier alpha value is -3.16. The van der Waals surface area contributed by atoms with Crippen LogP contribution in [0.2, 0.25) is 5.02 Å². The Morgan fingerprint density at radius 3 is 2.37 bits per heavy atom. The van der Waals surface area contributed by atoms with Crippen LogP contribution in [-0.2, 0) is 13.1 Å². The number of nitrogens with one attached hydrogen (secondary N) is 2. The third kappa shape index (κ3) is 5.25. The topological polar surface area (TPSA) is 59.7 Å². The van der Waals surface area contributed by atoms with Crippen molar-refractivity contribution >= 4 is 40.6 Å². The fraction of sp³-hybridized carbons (Fsp3) is 0.136. The van der Waals surface area contributed by atoms with Gasteiger partial charge in [0.2, 0.25) is 0 Å². The van der Waals surface area contributed by atoms with Gasteiger partial charge in [-0.3, -0.25) is 9.36 Å². The molecule has 0 bridgehead atoms. The summed E-state index contributed by atoms with van der Waals surface area (Å²) in [5, 5.41) is 16.5. The highest BCUT2D eigenvalue weighted by Crippen LogP contribution is 2.13. The molecule has 0 radical (unpaired) electrons. The summed E-state index contributed by atoms with van der Waals surface area (Å²) >= 11 is 11.4. The summed E-state index contributed by atoms with van der Waals surface area (Å²) in [6.07, 6.45) is 1.90. The number of hydrogen-bond donors (Lipinski definition) is 2.